The SMILES string of the molecule is NC(=O)C(O)CNC(=O)c1cc([N+](=O)[O-])ccc1Cl. The molecule has 19 heavy (non-hydrogen) atoms. The number of aliphatic hydroxyl groups is 1. The quantitative estimate of drug-likeness (QED) is 0.510. The van der Waals surface area contributed by atoms with E-state index in [9.17, 15) is 19.7 Å². The molecule has 4 N–H and O–H groups in total. The lowest BCUT2D eigenvalue weighted by Crippen LogP contribution is -2.40. The summed E-state index contributed by atoms with van der Waals surface area (Å²) in [5.41, 5.74) is 4.37. The molecule has 0 saturated carbocycles. The molecule has 0 aliphatic heterocycles. The van der Waals surface area contributed by atoms with Gasteiger partial charge in [-0.05, 0) is 6.07 Å². The van der Waals surface area contributed by atoms with Crippen LogP contribution >= 0.6 is 11.6 Å². The van der Waals surface area contributed by atoms with Crippen LogP contribution in [0.1, 0.15) is 10.4 Å². The van der Waals surface area contributed by atoms with Crippen LogP contribution in [0.4, 0.5) is 5.69 Å². The van der Waals surface area contributed by atoms with Gasteiger partial charge in [-0.15, -0.1) is 0 Å². The van der Waals surface area contributed by atoms with E-state index in [1.807, 2.05) is 0 Å². The lowest BCUT2D eigenvalue weighted by atomic mass is 10.2. The van der Waals surface area contributed by atoms with Gasteiger partial charge in [0.15, 0.2) is 0 Å². The smallest absolute Gasteiger partial charge is 0.270 e. The molecule has 102 valence electrons. The van der Waals surface area contributed by atoms with Gasteiger partial charge in [0.1, 0.15) is 6.10 Å². The predicted molar refractivity (Wildman–Crippen MR) is 65.6 cm³/mol. The van der Waals surface area contributed by atoms with Gasteiger partial charge in [-0.25, -0.2) is 0 Å². The second kappa shape index (κ2) is 6.12. The molecule has 1 aromatic carbocycles. The van der Waals surface area contributed by atoms with E-state index in [1.54, 1.807) is 0 Å². The van der Waals surface area contributed by atoms with E-state index in [-0.39, 0.29) is 16.3 Å². The molecule has 2 amide bonds. The van der Waals surface area contributed by atoms with Crippen LogP contribution in [0.5, 0.6) is 0 Å². The number of nitro groups is 1. The topological polar surface area (TPSA) is 136 Å². The zero-order chi connectivity index (χ0) is 14.6. The molecule has 0 aliphatic carbocycles. The zero-order valence-electron chi connectivity index (χ0n) is 9.50. The van der Waals surface area contributed by atoms with Crippen molar-refractivity contribution in [2.24, 2.45) is 5.73 Å². The molecule has 0 heterocycles. The number of amides is 2. The van der Waals surface area contributed by atoms with Crippen LogP contribution in [0, 0.1) is 10.1 Å². The Morgan fingerprint density at radius 3 is 2.68 bits per heavy atom. The average Bonchev–Trinajstić information content (AvgIpc) is 2.35. The number of rotatable bonds is 5. The molecule has 0 bridgehead atoms. The maximum Gasteiger partial charge on any atom is 0.270 e. The second-order valence-electron chi connectivity index (χ2n) is 3.55. The molecule has 9 heteroatoms. The molecule has 1 atom stereocenters. The number of nitrogens with two attached hydrogens (primary N) is 1. The van der Waals surface area contributed by atoms with Gasteiger partial charge >= 0.3 is 0 Å². The molecule has 1 rings (SSSR count). The molecular formula is C10H10ClN3O5. The minimum Gasteiger partial charge on any atom is -0.381 e. The van der Waals surface area contributed by atoms with Gasteiger partial charge in [0.2, 0.25) is 5.91 Å². The van der Waals surface area contributed by atoms with Crippen molar-refractivity contribution in [2.45, 2.75) is 6.10 Å². The number of non-ortho nitro benzene ring substituents is 1. The maximum absolute atomic E-state index is 11.7. The monoisotopic (exact) mass is 287 g/mol. The molecule has 0 aromatic heterocycles. The van der Waals surface area contributed by atoms with Crippen molar-refractivity contribution < 1.29 is 19.6 Å². The Labute approximate surface area is 112 Å². The van der Waals surface area contributed by atoms with Gasteiger partial charge in [0.25, 0.3) is 11.6 Å². The van der Waals surface area contributed by atoms with E-state index < -0.39 is 29.4 Å². The molecule has 0 aliphatic rings. The standard InChI is InChI=1S/C10H10ClN3O5/c11-7-2-1-5(14(18)19)3-6(7)10(17)13-4-8(15)9(12)16/h1-3,8,15H,4H2,(H2,12,16)(H,13,17). The third-order valence-corrected chi connectivity index (χ3v) is 2.52. The summed E-state index contributed by atoms with van der Waals surface area (Å²) in [6.45, 7) is -0.410. The largest absolute Gasteiger partial charge is 0.381 e. The van der Waals surface area contributed by atoms with Gasteiger partial charge in [-0.1, -0.05) is 11.6 Å². The number of aliphatic hydroxyl groups excluding tert-OH is 1. The minimum absolute atomic E-state index is 0.0108. The molecule has 0 radical (unpaired) electrons. The number of benzene rings is 1. The number of hydrogen-bond donors (Lipinski definition) is 3. The fourth-order valence-corrected chi connectivity index (χ4v) is 1.39. The molecule has 1 unspecified atom stereocenters. The average molecular weight is 288 g/mol. The number of hydrogen-bond acceptors (Lipinski definition) is 5. The van der Waals surface area contributed by atoms with Crippen LogP contribution in [-0.2, 0) is 4.79 Å². The highest BCUT2D eigenvalue weighted by atomic mass is 35.5. The second-order valence-corrected chi connectivity index (χ2v) is 3.96. The van der Waals surface area contributed by atoms with Gasteiger partial charge in [-0.2, -0.15) is 0 Å². The van der Waals surface area contributed by atoms with E-state index in [4.69, 9.17) is 22.4 Å². The minimum atomic E-state index is -1.54. The first-order valence-corrected chi connectivity index (χ1v) is 5.40. The van der Waals surface area contributed by atoms with Crippen LogP contribution < -0.4 is 11.1 Å². The number of nitro benzene ring substituents is 1. The number of halogens is 1. The highest BCUT2D eigenvalue weighted by Crippen LogP contribution is 2.21. The van der Waals surface area contributed by atoms with E-state index in [2.05, 4.69) is 5.32 Å². The summed E-state index contributed by atoms with van der Waals surface area (Å²) in [6, 6.07) is 3.35. The van der Waals surface area contributed by atoms with E-state index in [0.29, 0.717) is 0 Å². The van der Waals surface area contributed by atoms with Crippen molar-refractivity contribution in [3.63, 3.8) is 0 Å². The highest BCUT2D eigenvalue weighted by molar-refractivity contribution is 6.33. The number of nitrogens with zero attached hydrogens (tertiary/aromatic N) is 1. The summed E-state index contributed by atoms with van der Waals surface area (Å²) in [5, 5.41) is 21.9. The summed E-state index contributed by atoms with van der Waals surface area (Å²) >= 11 is 5.74. The summed E-state index contributed by atoms with van der Waals surface area (Å²) < 4.78 is 0. The number of carbonyl (C=O) groups excluding carboxylic acids is 2. The van der Waals surface area contributed by atoms with Gasteiger partial charge < -0.3 is 16.2 Å². The Hall–Kier alpha value is -2.19. The predicted octanol–water partition coefficient (Wildman–Crippen LogP) is -0.176. The Morgan fingerprint density at radius 1 is 1.53 bits per heavy atom. The number of nitrogens with one attached hydrogen (secondary N) is 1. The molecule has 8 nitrogen and oxygen atoms in total. The number of carbonyl (C=O) groups is 2. The van der Waals surface area contributed by atoms with Gasteiger partial charge in [0.05, 0.1) is 22.1 Å². The highest BCUT2D eigenvalue weighted by Gasteiger charge is 2.18. The molecule has 0 spiro atoms. The molecule has 1 aromatic rings. The maximum atomic E-state index is 11.7. The first-order valence-electron chi connectivity index (χ1n) is 5.02. The van der Waals surface area contributed by atoms with Crippen LogP contribution in [-0.4, -0.2) is 34.5 Å². The van der Waals surface area contributed by atoms with E-state index in [1.165, 1.54) is 6.07 Å². The summed E-state index contributed by atoms with van der Waals surface area (Å²) in [5.74, 6) is -1.75. The van der Waals surface area contributed by atoms with Crippen LogP contribution in [0.15, 0.2) is 18.2 Å². The fourth-order valence-electron chi connectivity index (χ4n) is 1.19. The van der Waals surface area contributed by atoms with E-state index in [0.717, 1.165) is 12.1 Å². The van der Waals surface area contributed by atoms with E-state index >= 15 is 0 Å². The van der Waals surface area contributed by atoms with Crippen molar-refractivity contribution in [3.05, 3.63) is 38.9 Å². The van der Waals surface area contributed by atoms with Crippen LogP contribution in [0.2, 0.25) is 5.02 Å². The Morgan fingerprint density at radius 2 is 2.16 bits per heavy atom. The van der Waals surface area contributed by atoms with Crippen molar-refractivity contribution in [1.82, 2.24) is 5.32 Å². The first-order chi connectivity index (χ1) is 8.82. The Balaban J connectivity index is 2.84. The fraction of sp³-hybridized carbons (Fsp3) is 0.200. The third kappa shape index (κ3) is 3.90. The summed E-state index contributed by atoms with van der Waals surface area (Å²) in [7, 11) is 0. The molecule has 0 fully saturated rings. The van der Waals surface area contributed by atoms with Crippen molar-refractivity contribution >= 4 is 29.1 Å². The van der Waals surface area contributed by atoms with Crippen molar-refractivity contribution in [2.75, 3.05) is 6.54 Å². The molecule has 0 saturated heterocycles. The Bertz CT molecular complexity index is 534. The Kier molecular flexibility index (Phi) is 4.79. The van der Waals surface area contributed by atoms with Crippen LogP contribution in [0.3, 0.4) is 0 Å². The molecular weight excluding hydrogens is 278 g/mol. The zero-order valence-corrected chi connectivity index (χ0v) is 10.3. The number of primary amides is 1. The van der Waals surface area contributed by atoms with Crippen molar-refractivity contribution in [3.8, 4) is 0 Å². The first kappa shape index (κ1) is 14.9. The van der Waals surface area contributed by atoms with Gasteiger partial charge in [-0.3, -0.25) is 19.7 Å². The van der Waals surface area contributed by atoms with Gasteiger partial charge in [0, 0.05) is 12.1 Å². The lowest BCUT2D eigenvalue weighted by molar-refractivity contribution is -0.384. The van der Waals surface area contributed by atoms with Crippen molar-refractivity contribution in [1.29, 1.82) is 0 Å². The summed E-state index contributed by atoms with van der Waals surface area (Å²) in [6.07, 6.45) is -1.54. The summed E-state index contributed by atoms with van der Waals surface area (Å²) in [4.78, 5) is 32.1. The lowest BCUT2D eigenvalue weighted by Gasteiger charge is -2.09. The normalized spacial score (nSPS) is 11.7. The third-order valence-electron chi connectivity index (χ3n) is 2.19. The van der Waals surface area contributed by atoms with Crippen LogP contribution in [0.25, 0.3) is 0 Å².